The Morgan fingerprint density at radius 1 is 1.15 bits per heavy atom. The van der Waals surface area contributed by atoms with E-state index in [1.807, 2.05) is 0 Å². The van der Waals surface area contributed by atoms with Crippen molar-refractivity contribution in [3.8, 4) is 5.75 Å². The number of amides is 2. The highest BCUT2D eigenvalue weighted by molar-refractivity contribution is 6.12. The van der Waals surface area contributed by atoms with Gasteiger partial charge in [-0.1, -0.05) is 5.16 Å². The molecule has 3 aromatic rings. The summed E-state index contributed by atoms with van der Waals surface area (Å²) in [7, 11) is 4.79. The Bertz CT molecular complexity index is 1040. The normalized spacial score (nSPS) is 10.7. The number of carbonyl (C=O) groups excluding carboxylic acids is 2. The minimum Gasteiger partial charge on any atom is -0.496 e. The van der Waals surface area contributed by atoms with Crippen LogP contribution in [0.4, 0.5) is 5.69 Å². The smallest absolute Gasteiger partial charge is 0.258 e. The first-order valence-corrected chi connectivity index (χ1v) is 8.26. The number of hydrogen-bond donors (Lipinski definition) is 1. The van der Waals surface area contributed by atoms with Crippen molar-refractivity contribution in [3.05, 3.63) is 46.8 Å². The van der Waals surface area contributed by atoms with Gasteiger partial charge in [0.25, 0.3) is 17.5 Å². The zero-order chi connectivity index (χ0) is 19.7. The number of ether oxygens (including phenoxy) is 1. The van der Waals surface area contributed by atoms with E-state index >= 15 is 0 Å². The van der Waals surface area contributed by atoms with E-state index < -0.39 is 0 Å². The first kappa shape index (κ1) is 18.4. The fourth-order valence-electron chi connectivity index (χ4n) is 2.79. The molecule has 140 valence electrons. The van der Waals surface area contributed by atoms with Crippen LogP contribution in [-0.4, -0.2) is 48.1 Å². The van der Waals surface area contributed by atoms with E-state index in [0.29, 0.717) is 45.1 Å². The fraction of sp³-hybridized carbons (Fsp3) is 0.263. The highest BCUT2D eigenvalue weighted by Gasteiger charge is 2.20. The van der Waals surface area contributed by atoms with Gasteiger partial charge in [-0.3, -0.25) is 9.59 Å². The maximum absolute atomic E-state index is 12.9. The van der Waals surface area contributed by atoms with Crippen LogP contribution in [0.1, 0.15) is 32.1 Å². The number of nitrogens with zero attached hydrogens (tertiary/aromatic N) is 3. The molecule has 2 amide bonds. The summed E-state index contributed by atoms with van der Waals surface area (Å²) in [6.45, 7) is 3.52. The third-order valence-corrected chi connectivity index (χ3v) is 4.08. The molecule has 0 bridgehead atoms. The van der Waals surface area contributed by atoms with E-state index in [0.717, 1.165) is 0 Å². The number of aromatic nitrogens is 2. The molecule has 0 saturated carbocycles. The molecular weight excluding hydrogens is 348 g/mol. The molecule has 0 fully saturated rings. The average molecular weight is 368 g/mol. The number of fused-ring (bicyclic) bond motifs is 1. The first-order valence-electron chi connectivity index (χ1n) is 8.26. The van der Waals surface area contributed by atoms with E-state index in [9.17, 15) is 9.59 Å². The molecule has 8 heteroatoms. The van der Waals surface area contributed by atoms with Crippen molar-refractivity contribution in [2.24, 2.45) is 0 Å². The Morgan fingerprint density at radius 2 is 1.89 bits per heavy atom. The second kappa shape index (κ2) is 7.06. The Morgan fingerprint density at radius 3 is 2.56 bits per heavy atom. The summed E-state index contributed by atoms with van der Waals surface area (Å²) in [5.74, 6) is -0.131. The SMILES string of the molecule is COc1ccc(NC(=O)c2cc(C)nc3onc(C)c23)cc1C(=O)N(C)C. The topological polar surface area (TPSA) is 97.6 Å². The highest BCUT2D eigenvalue weighted by atomic mass is 16.5. The van der Waals surface area contributed by atoms with Crippen LogP contribution in [-0.2, 0) is 0 Å². The first-order chi connectivity index (χ1) is 12.8. The molecule has 0 unspecified atom stereocenters. The highest BCUT2D eigenvalue weighted by Crippen LogP contribution is 2.26. The van der Waals surface area contributed by atoms with Gasteiger partial charge in [-0.25, -0.2) is 4.98 Å². The van der Waals surface area contributed by atoms with Gasteiger partial charge < -0.3 is 19.5 Å². The van der Waals surface area contributed by atoms with Crippen molar-refractivity contribution >= 4 is 28.6 Å². The molecule has 0 saturated heterocycles. The Labute approximate surface area is 156 Å². The average Bonchev–Trinajstić information content (AvgIpc) is 3.00. The van der Waals surface area contributed by atoms with Crippen molar-refractivity contribution in [1.82, 2.24) is 15.0 Å². The van der Waals surface area contributed by atoms with Crippen LogP contribution in [0, 0.1) is 13.8 Å². The van der Waals surface area contributed by atoms with Crippen LogP contribution in [0.15, 0.2) is 28.8 Å². The Kier molecular flexibility index (Phi) is 4.81. The minimum absolute atomic E-state index is 0.222. The molecule has 0 atom stereocenters. The summed E-state index contributed by atoms with van der Waals surface area (Å²) in [6, 6.07) is 6.58. The molecule has 2 aromatic heterocycles. The van der Waals surface area contributed by atoms with Crippen molar-refractivity contribution < 1.29 is 18.8 Å². The third-order valence-electron chi connectivity index (χ3n) is 4.08. The number of rotatable bonds is 4. The van der Waals surface area contributed by atoms with Crippen molar-refractivity contribution in [1.29, 1.82) is 0 Å². The largest absolute Gasteiger partial charge is 0.496 e. The minimum atomic E-state index is -0.342. The monoisotopic (exact) mass is 368 g/mol. The summed E-state index contributed by atoms with van der Waals surface area (Å²) in [4.78, 5) is 30.9. The van der Waals surface area contributed by atoms with Crippen LogP contribution >= 0.6 is 0 Å². The summed E-state index contributed by atoms with van der Waals surface area (Å²) < 4.78 is 10.4. The third kappa shape index (κ3) is 3.46. The van der Waals surface area contributed by atoms with Crippen LogP contribution in [0.5, 0.6) is 5.75 Å². The van der Waals surface area contributed by atoms with Crippen LogP contribution < -0.4 is 10.1 Å². The van der Waals surface area contributed by atoms with Gasteiger partial charge in [0.05, 0.1) is 29.3 Å². The number of hydrogen-bond acceptors (Lipinski definition) is 6. The molecule has 27 heavy (non-hydrogen) atoms. The van der Waals surface area contributed by atoms with E-state index in [2.05, 4.69) is 15.5 Å². The maximum atomic E-state index is 12.9. The van der Waals surface area contributed by atoms with E-state index in [1.165, 1.54) is 12.0 Å². The number of nitrogens with one attached hydrogen (secondary N) is 1. The second-order valence-corrected chi connectivity index (χ2v) is 6.33. The van der Waals surface area contributed by atoms with Crippen LogP contribution in [0.3, 0.4) is 0 Å². The lowest BCUT2D eigenvalue weighted by Gasteiger charge is -2.15. The molecule has 0 aliphatic heterocycles. The van der Waals surface area contributed by atoms with E-state index in [1.54, 1.807) is 52.2 Å². The fourth-order valence-corrected chi connectivity index (χ4v) is 2.79. The molecule has 0 spiro atoms. The quantitative estimate of drug-likeness (QED) is 0.760. The molecule has 0 aliphatic carbocycles. The summed E-state index contributed by atoms with van der Waals surface area (Å²) in [6.07, 6.45) is 0. The molecule has 1 N–H and O–H groups in total. The van der Waals surface area contributed by atoms with Gasteiger partial charge in [-0.15, -0.1) is 0 Å². The number of methoxy groups -OCH3 is 1. The molecule has 2 heterocycles. The lowest BCUT2D eigenvalue weighted by molar-refractivity contribution is 0.0824. The van der Waals surface area contributed by atoms with Crippen LogP contribution in [0.25, 0.3) is 11.1 Å². The predicted octanol–water partition coefficient (Wildman–Crippen LogP) is 2.80. The molecule has 3 rings (SSSR count). The second-order valence-electron chi connectivity index (χ2n) is 6.33. The lowest BCUT2D eigenvalue weighted by atomic mass is 10.1. The molecule has 1 aromatic carbocycles. The van der Waals surface area contributed by atoms with Gasteiger partial charge in [0.1, 0.15) is 5.75 Å². The predicted molar refractivity (Wildman–Crippen MR) is 100 cm³/mol. The number of aryl methyl sites for hydroxylation is 2. The zero-order valence-electron chi connectivity index (χ0n) is 15.8. The molecular formula is C19H20N4O4. The summed E-state index contributed by atoms with van der Waals surface area (Å²) >= 11 is 0. The number of benzene rings is 1. The van der Waals surface area contributed by atoms with Crippen molar-refractivity contribution in [2.45, 2.75) is 13.8 Å². The standard InChI is InChI=1S/C19H20N4O4/c1-10-8-14(16-11(2)22-27-18(16)20-10)17(24)21-12-6-7-15(26-5)13(9-12)19(25)23(3)4/h6-9H,1-5H3,(H,21,24). The maximum Gasteiger partial charge on any atom is 0.258 e. The van der Waals surface area contributed by atoms with E-state index in [4.69, 9.17) is 9.26 Å². The van der Waals surface area contributed by atoms with Gasteiger partial charge in [-0.2, -0.15) is 0 Å². The Hall–Kier alpha value is -3.42. The van der Waals surface area contributed by atoms with Gasteiger partial charge in [0.15, 0.2) is 0 Å². The number of carbonyl (C=O) groups is 2. The van der Waals surface area contributed by atoms with Gasteiger partial charge >= 0.3 is 0 Å². The van der Waals surface area contributed by atoms with Gasteiger partial charge in [0.2, 0.25) is 0 Å². The van der Waals surface area contributed by atoms with E-state index in [-0.39, 0.29) is 11.8 Å². The Balaban J connectivity index is 1.99. The number of anilines is 1. The number of pyridine rings is 1. The molecule has 8 nitrogen and oxygen atoms in total. The van der Waals surface area contributed by atoms with Crippen LogP contribution in [0.2, 0.25) is 0 Å². The van der Waals surface area contributed by atoms with Gasteiger partial charge in [0, 0.05) is 25.5 Å². The van der Waals surface area contributed by atoms with Gasteiger partial charge in [-0.05, 0) is 38.1 Å². The summed E-state index contributed by atoms with van der Waals surface area (Å²) in [5.41, 5.74) is 2.78. The van der Waals surface area contributed by atoms with Crippen molar-refractivity contribution in [3.63, 3.8) is 0 Å². The zero-order valence-corrected chi connectivity index (χ0v) is 15.8. The summed E-state index contributed by atoms with van der Waals surface area (Å²) in [5, 5.41) is 7.27. The lowest BCUT2D eigenvalue weighted by Crippen LogP contribution is -2.22. The molecule has 0 radical (unpaired) electrons. The molecule has 0 aliphatic rings. The van der Waals surface area contributed by atoms with Crippen molar-refractivity contribution in [2.75, 3.05) is 26.5 Å².